The maximum atomic E-state index is 4.20. The summed E-state index contributed by atoms with van der Waals surface area (Å²) in [5.41, 5.74) is 5.73. The molecular formula is C18H21N4W-. The predicted octanol–water partition coefficient (Wildman–Crippen LogP) is 3.65. The van der Waals surface area contributed by atoms with Crippen molar-refractivity contribution < 1.29 is 21.1 Å². The monoisotopic (exact) mass is 477 g/mol. The number of allylic oxidation sites excluding steroid dienone is 3. The van der Waals surface area contributed by atoms with Gasteiger partial charge in [-0.25, -0.2) is 0 Å². The quantitative estimate of drug-likeness (QED) is 0.663. The zero-order valence-corrected chi connectivity index (χ0v) is 16.7. The Hall–Kier alpha value is -1.93. The molecule has 0 fully saturated rings. The number of likely N-dealkylation sites (N-methyl/N-ethyl adjacent to an activating group) is 1. The molecule has 0 saturated carbocycles. The minimum Gasteiger partial charge on any atom is -0.370 e. The summed E-state index contributed by atoms with van der Waals surface area (Å²) in [5.74, 6) is 0. The van der Waals surface area contributed by atoms with Crippen molar-refractivity contribution in [3.05, 3.63) is 66.5 Å². The fourth-order valence-corrected chi connectivity index (χ4v) is 2.59. The van der Waals surface area contributed by atoms with Crippen LogP contribution in [-0.2, 0) is 27.6 Å². The maximum Gasteiger partial charge on any atom is 0.0437 e. The van der Waals surface area contributed by atoms with Crippen LogP contribution in [0, 0.1) is 0 Å². The minimum atomic E-state index is 0. The predicted molar refractivity (Wildman–Crippen MR) is 90.9 cm³/mol. The van der Waals surface area contributed by atoms with Crippen LogP contribution in [0.5, 0.6) is 0 Å². The molecule has 5 heteroatoms. The molecule has 2 aromatic rings. The van der Waals surface area contributed by atoms with Gasteiger partial charge in [-0.05, 0) is 28.6 Å². The van der Waals surface area contributed by atoms with E-state index in [0.717, 1.165) is 34.8 Å². The van der Waals surface area contributed by atoms with Gasteiger partial charge in [-0.15, -0.1) is 0 Å². The molecule has 1 aromatic heterocycles. The second-order valence-corrected chi connectivity index (χ2v) is 4.71. The summed E-state index contributed by atoms with van der Waals surface area (Å²) < 4.78 is 0. The van der Waals surface area contributed by atoms with Crippen molar-refractivity contribution in [1.82, 2.24) is 20.3 Å². The molecule has 1 aliphatic heterocycles. The number of fused-ring (bicyclic) bond motifs is 3. The first-order valence-electron chi connectivity index (χ1n) is 7.41. The number of rotatable bonds is 2. The molecule has 2 heterocycles. The fourth-order valence-electron chi connectivity index (χ4n) is 2.59. The number of benzene rings is 1. The molecule has 0 saturated heterocycles. The molecule has 0 unspecified atom stereocenters. The smallest absolute Gasteiger partial charge is 0.0437 e. The third kappa shape index (κ3) is 3.53. The normalized spacial score (nSPS) is 15.7. The van der Waals surface area contributed by atoms with Crippen molar-refractivity contribution in [2.24, 2.45) is 0 Å². The van der Waals surface area contributed by atoms with E-state index >= 15 is 0 Å². The summed E-state index contributed by atoms with van der Waals surface area (Å²) in [6.45, 7) is 12.6. The van der Waals surface area contributed by atoms with Crippen LogP contribution in [0.2, 0.25) is 0 Å². The average molecular weight is 477 g/mol. The van der Waals surface area contributed by atoms with Crippen LogP contribution in [0.15, 0.2) is 55.3 Å². The Morgan fingerprint density at radius 2 is 1.87 bits per heavy atom. The van der Waals surface area contributed by atoms with Crippen LogP contribution in [0.1, 0.15) is 25.1 Å². The van der Waals surface area contributed by atoms with Gasteiger partial charge < -0.3 is 15.1 Å². The van der Waals surface area contributed by atoms with Gasteiger partial charge in [0.15, 0.2) is 0 Å². The molecule has 3 rings (SSSR count). The summed E-state index contributed by atoms with van der Waals surface area (Å²) in [5, 5.41) is 12.2. The van der Waals surface area contributed by atoms with Crippen molar-refractivity contribution >= 4 is 5.57 Å². The Morgan fingerprint density at radius 1 is 1.17 bits per heavy atom. The third-order valence-corrected chi connectivity index (χ3v) is 3.53. The Bertz CT molecular complexity index is 715. The van der Waals surface area contributed by atoms with E-state index in [4.69, 9.17) is 0 Å². The zero-order chi connectivity index (χ0) is 16.1. The number of aromatic nitrogens is 3. The van der Waals surface area contributed by atoms with Gasteiger partial charge in [0, 0.05) is 45.9 Å². The Balaban J connectivity index is 0.000000849. The molecule has 1 aliphatic rings. The molecule has 0 aliphatic carbocycles. The summed E-state index contributed by atoms with van der Waals surface area (Å²) in [6, 6.07) is 8.19. The number of hydrogen-bond acceptors (Lipinski definition) is 3. The van der Waals surface area contributed by atoms with Crippen LogP contribution in [0.4, 0.5) is 0 Å². The summed E-state index contributed by atoms with van der Waals surface area (Å²) >= 11 is 0. The summed E-state index contributed by atoms with van der Waals surface area (Å²) in [6.07, 6.45) is 3.61. The Kier molecular flexibility index (Phi) is 7.18. The molecule has 4 nitrogen and oxygen atoms in total. The van der Waals surface area contributed by atoms with Crippen molar-refractivity contribution in [2.75, 3.05) is 7.05 Å². The van der Waals surface area contributed by atoms with Crippen LogP contribution in [-0.4, -0.2) is 22.3 Å². The molecule has 0 radical (unpaired) electrons. The second kappa shape index (κ2) is 8.64. The van der Waals surface area contributed by atoms with Gasteiger partial charge in [0.1, 0.15) is 0 Å². The van der Waals surface area contributed by atoms with E-state index in [0.29, 0.717) is 0 Å². The van der Waals surface area contributed by atoms with Crippen molar-refractivity contribution in [3.63, 3.8) is 0 Å². The van der Waals surface area contributed by atoms with Gasteiger partial charge in [-0.2, -0.15) is 0 Å². The van der Waals surface area contributed by atoms with Gasteiger partial charge in [-0.1, -0.05) is 57.3 Å². The van der Waals surface area contributed by atoms with Crippen molar-refractivity contribution in [1.29, 1.82) is 0 Å². The first kappa shape index (κ1) is 19.1. The van der Waals surface area contributed by atoms with Crippen LogP contribution in [0.3, 0.4) is 0 Å². The van der Waals surface area contributed by atoms with E-state index in [-0.39, 0.29) is 21.1 Å². The molecule has 0 N–H and O–H groups in total. The Morgan fingerprint density at radius 3 is 2.52 bits per heavy atom. The Labute approximate surface area is 152 Å². The van der Waals surface area contributed by atoms with E-state index in [2.05, 4.69) is 45.6 Å². The molecule has 0 atom stereocenters. The number of nitrogens with zero attached hydrogens (tertiary/aromatic N) is 4. The molecule has 0 bridgehead atoms. The van der Waals surface area contributed by atoms with E-state index in [1.165, 1.54) is 5.56 Å². The zero-order valence-electron chi connectivity index (χ0n) is 13.8. The van der Waals surface area contributed by atoms with Crippen LogP contribution >= 0.6 is 0 Å². The van der Waals surface area contributed by atoms with Crippen molar-refractivity contribution in [2.45, 2.75) is 20.4 Å². The van der Waals surface area contributed by atoms with Gasteiger partial charge >= 0.3 is 0 Å². The molecule has 1 aromatic carbocycles. The van der Waals surface area contributed by atoms with Gasteiger partial charge in [0.2, 0.25) is 0 Å². The molecular weight excluding hydrogens is 456 g/mol. The summed E-state index contributed by atoms with van der Waals surface area (Å²) in [7, 11) is 2.03. The standard InChI is InChI=1S/C16H15N4.C2H6.W/c1-4-12-14(5-2)20(3)10-11-8-6-7-9-13(11)16-15(12)17-19-18-16;1-2;/h4-9H,1-2,10H2,3H3;1-2H3;/q-1;;/b14-12-;;. The molecule has 0 spiro atoms. The topological polar surface area (TPSA) is 43.1 Å². The van der Waals surface area contributed by atoms with E-state index in [1.54, 1.807) is 6.08 Å². The fraction of sp³-hybridized carbons (Fsp3) is 0.222. The molecule has 120 valence electrons. The first-order valence-corrected chi connectivity index (χ1v) is 7.41. The molecule has 0 amide bonds. The average Bonchev–Trinajstić information content (AvgIpc) is 3.02. The van der Waals surface area contributed by atoms with E-state index in [1.807, 2.05) is 39.1 Å². The number of hydrogen-bond donors (Lipinski definition) is 0. The van der Waals surface area contributed by atoms with Crippen LogP contribution < -0.4 is 5.10 Å². The largest absolute Gasteiger partial charge is 0.370 e. The van der Waals surface area contributed by atoms with E-state index in [9.17, 15) is 0 Å². The third-order valence-electron chi connectivity index (χ3n) is 3.53. The maximum absolute atomic E-state index is 4.20. The summed E-state index contributed by atoms with van der Waals surface area (Å²) in [4.78, 5) is 2.14. The SMILES string of the molecule is C=C/C1=C(\C=C)N(C)Cc2ccccc2-c2[n-]nnc21.CC.[W]. The minimum absolute atomic E-state index is 0. The van der Waals surface area contributed by atoms with Crippen LogP contribution in [0.25, 0.3) is 16.8 Å². The van der Waals surface area contributed by atoms with E-state index < -0.39 is 0 Å². The second-order valence-electron chi connectivity index (χ2n) is 4.71. The van der Waals surface area contributed by atoms with Gasteiger partial charge in [0.25, 0.3) is 0 Å². The molecule has 23 heavy (non-hydrogen) atoms. The van der Waals surface area contributed by atoms with Crippen molar-refractivity contribution in [3.8, 4) is 11.3 Å². The van der Waals surface area contributed by atoms with Gasteiger partial charge in [-0.3, -0.25) is 5.21 Å². The van der Waals surface area contributed by atoms with Gasteiger partial charge in [0.05, 0.1) is 0 Å². The first-order chi connectivity index (χ1) is 10.8.